The monoisotopic (exact) mass is 375 g/mol. The van der Waals surface area contributed by atoms with Crippen molar-refractivity contribution in [2.24, 2.45) is 0 Å². The lowest BCUT2D eigenvalue weighted by molar-refractivity contribution is 0.0986. The molecule has 0 radical (unpaired) electrons. The van der Waals surface area contributed by atoms with Crippen molar-refractivity contribution in [3.63, 3.8) is 0 Å². The molecule has 0 N–H and O–H groups in total. The molecule has 0 fully saturated rings. The lowest BCUT2D eigenvalue weighted by Gasteiger charge is -2.26. The predicted octanol–water partition coefficient (Wildman–Crippen LogP) is 3.61. The number of hydrogen-bond donors (Lipinski definition) is 0. The number of fused-ring (bicyclic) bond motifs is 2. The minimum atomic E-state index is -0.219. The number of anilines is 1. The second-order valence-electron chi connectivity index (χ2n) is 7.44. The van der Waals surface area contributed by atoms with Gasteiger partial charge in [-0.2, -0.15) is 0 Å². The van der Waals surface area contributed by atoms with Crippen LogP contribution in [0.2, 0.25) is 0 Å². The number of nitrogens with zero attached hydrogens (tertiary/aromatic N) is 3. The van der Waals surface area contributed by atoms with Gasteiger partial charge in [0.05, 0.1) is 22.8 Å². The Morgan fingerprint density at radius 2 is 1.89 bits per heavy atom. The summed E-state index contributed by atoms with van der Waals surface area (Å²) in [6.07, 6.45) is 5.77. The van der Waals surface area contributed by atoms with Crippen LogP contribution >= 0.6 is 0 Å². The smallest absolute Gasteiger partial charge is 0.201 e. The first-order valence-corrected chi connectivity index (χ1v) is 9.89. The van der Waals surface area contributed by atoms with Crippen LogP contribution in [0.3, 0.4) is 0 Å². The lowest BCUT2D eigenvalue weighted by atomic mass is 10.1. The number of ketones is 1. The quantitative estimate of drug-likeness (QED) is 0.639. The maximum atomic E-state index is 13.0. The van der Waals surface area contributed by atoms with Crippen LogP contribution in [0.4, 0.5) is 5.69 Å². The minimum Gasteiger partial charge on any atom is -0.370 e. The van der Waals surface area contributed by atoms with Crippen LogP contribution in [0.1, 0.15) is 41.8 Å². The summed E-state index contributed by atoms with van der Waals surface area (Å²) in [5.41, 5.74) is 4.35. The van der Waals surface area contributed by atoms with Gasteiger partial charge in [-0.25, -0.2) is 4.98 Å². The van der Waals surface area contributed by atoms with E-state index in [4.69, 9.17) is 0 Å². The molecular weight excluding hydrogens is 350 g/mol. The van der Waals surface area contributed by atoms with Crippen LogP contribution in [0.15, 0.2) is 47.5 Å². The summed E-state index contributed by atoms with van der Waals surface area (Å²) in [6.45, 7) is 4.42. The van der Waals surface area contributed by atoms with E-state index in [1.54, 1.807) is 13.1 Å². The van der Waals surface area contributed by atoms with Crippen molar-refractivity contribution in [3.05, 3.63) is 69.6 Å². The number of rotatable bonds is 5. The van der Waals surface area contributed by atoms with Crippen LogP contribution < -0.4 is 10.3 Å². The van der Waals surface area contributed by atoms with E-state index in [-0.39, 0.29) is 16.8 Å². The fourth-order valence-corrected chi connectivity index (χ4v) is 4.11. The molecule has 0 aliphatic heterocycles. The van der Waals surface area contributed by atoms with Crippen molar-refractivity contribution in [1.29, 1.82) is 0 Å². The molecule has 0 bridgehead atoms. The number of aromatic nitrogens is 2. The Balaban J connectivity index is 1.76. The molecule has 5 nitrogen and oxygen atoms in total. The van der Waals surface area contributed by atoms with E-state index < -0.39 is 0 Å². The summed E-state index contributed by atoms with van der Waals surface area (Å²) >= 11 is 0. The molecule has 0 saturated heterocycles. The van der Waals surface area contributed by atoms with Gasteiger partial charge in [0.25, 0.3) is 0 Å². The third-order valence-electron chi connectivity index (χ3n) is 5.85. The van der Waals surface area contributed by atoms with E-state index in [9.17, 15) is 9.59 Å². The van der Waals surface area contributed by atoms with E-state index in [0.717, 1.165) is 18.5 Å². The minimum absolute atomic E-state index is 0.126. The van der Waals surface area contributed by atoms with Gasteiger partial charge >= 0.3 is 0 Å². The zero-order valence-electron chi connectivity index (χ0n) is 16.6. The van der Waals surface area contributed by atoms with E-state index >= 15 is 0 Å². The standard InChI is InChI=1S/C23H25N3O2/c1-4-21(27)20-14-26(5-2)23-19(22(20)28)12-18(13-24-23)25(3)17-10-15-8-6-7-9-16(15)11-17/h6-9,12-14,17H,4-5,10-11H2,1-3H3. The number of Topliss-reactive ketones (excluding diaryl/α,β-unsaturated/α-hetero) is 1. The highest BCUT2D eigenvalue weighted by Gasteiger charge is 2.25. The number of hydrogen-bond acceptors (Lipinski definition) is 4. The molecule has 144 valence electrons. The van der Waals surface area contributed by atoms with E-state index in [1.807, 2.05) is 23.8 Å². The Kier molecular flexibility index (Phi) is 4.75. The van der Waals surface area contributed by atoms with Crippen LogP contribution in [0.5, 0.6) is 0 Å². The number of carbonyl (C=O) groups is 1. The highest BCUT2D eigenvalue weighted by atomic mass is 16.1. The summed E-state index contributed by atoms with van der Waals surface area (Å²) < 4.78 is 1.88. The maximum absolute atomic E-state index is 13.0. The van der Waals surface area contributed by atoms with Gasteiger partial charge in [0.1, 0.15) is 5.65 Å². The van der Waals surface area contributed by atoms with Crippen molar-refractivity contribution < 1.29 is 4.79 Å². The Hall–Kier alpha value is -2.95. The number of likely N-dealkylation sites (N-methyl/N-ethyl adjacent to an activating group) is 1. The zero-order chi connectivity index (χ0) is 19.8. The normalized spacial score (nSPS) is 13.7. The Bertz CT molecular complexity index is 1090. The first-order chi connectivity index (χ1) is 13.5. The molecule has 0 unspecified atom stereocenters. The largest absolute Gasteiger partial charge is 0.370 e. The summed E-state index contributed by atoms with van der Waals surface area (Å²) in [6, 6.07) is 10.8. The SMILES string of the molecule is CCC(=O)c1cn(CC)c2ncc(N(C)C3Cc4ccccc4C3)cc2c1=O. The van der Waals surface area contributed by atoms with Gasteiger partial charge in [0.2, 0.25) is 5.43 Å². The molecule has 4 rings (SSSR count). The molecule has 0 amide bonds. The van der Waals surface area contributed by atoms with Crippen molar-refractivity contribution in [3.8, 4) is 0 Å². The third kappa shape index (κ3) is 3.01. The predicted molar refractivity (Wildman–Crippen MR) is 112 cm³/mol. The molecule has 1 aromatic carbocycles. The number of aryl methyl sites for hydroxylation is 1. The summed E-state index contributed by atoms with van der Waals surface area (Å²) in [5.74, 6) is -0.126. The van der Waals surface area contributed by atoms with Gasteiger partial charge in [0.15, 0.2) is 5.78 Å². The van der Waals surface area contributed by atoms with Gasteiger partial charge in [-0.3, -0.25) is 9.59 Å². The van der Waals surface area contributed by atoms with Gasteiger partial charge in [-0.15, -0.1) is 0 Å². The molecule has 0 atom stereocenters. The molecule has 1 aliphatic carbocycles. The molecule has 1 aliphatic rings. The maximum Gasteiger partial charge on any atom is 0.201 e. The fourth-order valence-electron chi connectivity index (χ4n) is 4.11. The second kappa shape index (κ2) is 7.23. The highest BCUT2D eigenvalue weighted by Crippen LogP contribution is 2.28. The Morgan fingerprint density at radius 1 is 1.21 bits per heavy atom. The van der Waals surface area contributed by atoms with Crippen LogP contribution in [0.25, 0.3) is 11.0 Å². The highest BCUT2D eigenvalue weighted by molar-refractivity contribution is 5.98. The average molecular weight is 375 g/mol. The first-order valence-electron chi connectivity index (χ1n) is 9.89. The zero-order valence-corrected chi connectivity index (χ0v) is 16.6. The third-order valence-corrected chi connectivity index (χ3v) is 5.85. The molecule has 2 heterocycles. The van der Waals surface area contributed by atoms with Crippen LogP contribution in [-0.2, 0) is 19.4 Å². The first kappa shape index (κ1) is 18.4. The summed E-state index contributed by atoms with van der Waals surface area (Å²) in [4.78, 5) is 32.0. The molecule has 0 saturated carbocycles. The van der Waals surface area contributed by atoms with Crippen molar-refractivity contribution in [2.45, 2.75) is 45.7 Å². The molecule has 28 heavy (non-hydrogen) atoms. The van der Waals surface area contributed by atoms with Crippen LogP contribution in [0, 0.1) is 0 Å². The van der Waals surface area contributed by atoms with E-state index in [0.29, 0.717) is 30.0 Å². The molecule has 3 aromatic rings. The molecule has 2 aromatic heterocycles. The van der Waals surface area contributed by atoms with E-state index in [2.05, 4.69) is 41.2 Å². The summed E-state index contributed by atoms with van der Waals surface area (Å²) in [5, 5.41) is 0.515. The number of carbonyl (C=O) groups excluding carboxylic acids is 1. The van der Waals surface area contributed by atoms with Crippen molar-refractivity contribution in [1.82, 2.24) is 9.55 Å². The topological polar surface area (TPSA) is 55.2 Å². The van der Waals surface area contributed by atoms with E-state index in [1.165, 1.54) is 11.1 Å². The Morgan fingerprint density at radius 3 is 2.50 bits per heavy atom. The second-order valence-corrected chi connectivity index (χ2v) is 7.44. The average Bonchev–Trinajstić information content (AvgIpc) is 3.17. The molecular formula is C23H25N3O2. The van der Waals surface area contributed by atoms with Gasteiger partial charge in [-0.1, -0.05) is 31.2 Å². The lowest BCUT2D eigenvalue weighted by Crippen LogP contribution is -2.32. The number of pyridine rings is 2. The number of benzene rings is 1. The molecule has 0 spiro atoms. The fraction of sp³-hybridized carbons (Fsp3) is 0.348. The van der Waals surface area contributed by atoms with Gasteiger partial charge in [-0.05, 0) is 37.0 Å². The van der Waals surface area contributed by atoms with Gasteiger partial charge in [0, 0.05) is 32.3 Å². The van der Waals surface area contributed by atoms with Crippen molar-refractivity contribution in [2.75, 3.05) is 11.9 Å². The van der Waals surface area contributed by atoms with Gasteiger partial charge < -0.3 is 9.47 Å². The van der Waals surface area contributed by atoms with Crippen LogP contribution in [-0.4, -0.2) is 28.4 Å². The van der Waals surface area contributed by atoms with Crippen molar-refractivity contribution >= 4 is 22.5 Å². The molecule has 5 heteroatoms. The Labute approximate surface area is 164 Å². The summed E-state index contributed by atoms with van der Waals surface area (Å²) in [7, 11) is 2.05.